The van der Waals surface area contributed by atoms with E-state index in [1.807, 2.05) is 303 Å². The number of carbonyl (C=O) groups is 2. The zero-order valence-electron chi connectivity index (χ0n) is 62.5. The molecule has 2 saturated heterocycles. The normalized spacial score (nSPS) is 19.3. The maximum atomic E-state index is 15.2. The second-order valence-electron chi connectivity index (χ2n) is 27.4. The molecule has 12 aromatic rings. The third kappa shape index (κ3) is 22.8. The van der Waals surface area contributed by atoms with Crippen molar-refractivity contribution in [2.75, 3.05) is 13.2 Å². The average Bonchev–Trinajstić information content (AvgIpc) is 0.768. The number of ether oxygens (including phenoxy) is 15. The highest BCUT2D eigenvalue weighted by Crippen LogP contribution is 2.39. The van der Waals surface area contributed by atoms with Crippen LogP contribution < -0.4 is 18.9 Å². The van der Waals surface area contributed by atoms with Gasteiger partial charge in [-0.15, -0.1) is 0 Å². The number of rotatable bonds is 38. The highest BCUT2D eigenvalue weighted by Gasteiger charge is 2.55. The molecule has 17 nitrogen and oxygen atoms in total. The fourth-order valence-electron chi connectivity index (χ4n) is 13.3. The molecule has 0 unspecified atom stereocenters. The van der Waals surface area contributed by atoms with Crippen LogP contribution in [-0.2, 0) is 118 Å². The van der Waals surface area contributed by atoms with Crippen LogP contribution in [0.15, 0.2) is 340 Å². The maximum absolute atomic E-state index is 15.2. The Morgan fingerprint density at radius 2 is 0.460 bits per heavy atom. The van der Waals surface area contributed by atoms with Gasteiger partial charge < -0.3 is 71.1 Å². The summed E-state index contributed by atoms with van der Waals surface area (Å²) in [5, 5.41) is 0. The van der Waals surface area contributed by atoms with E-state index in [1.165, 1.54) is 0 Å². The van der Waals surface area contributed by atoms with Gasteiger partial charge in [0.1, 0.15) is 123 Å². The highest BCUT2D eigenvalue weighted by molar-refractivity contribution is 5.93. The molecule has 10 atom stereocenters. The molecule has 0 bridgehead atoms. The fourth-order valence-corrected chi connectivity index (χ4v) is 13.3. The third-order valence-electron chi connectivity index (χ3n) is 19.2. The van der Waals surface area contributed by atoms with Crippen LogP contribution in [0.3, 0.4) is 0 Å². The summed E-state index contributed by atoms with van der Waals surface area (Å²) in [7, 11) is 0. The van der Waals surface area contributed by atoms with E-state index in [0.29, 0.717) is 11.5 Å². The van der Waals surface area contributed by atoms with Gasteiger partial charge in [0, 0.05) is 12.1 Å². The summed E-state index contributed by atoms with van der Waals surface area (Å²) in [5.74, 6) is -0.0271. The van der Waals surface area contributed by atoms with Gasteiger partial charge in [-0.25, -0.2) is 9.59 Å². The van der Waals surface area contributed by atoms with Gasteiger partial charge in [-0.3, -0.25) is 0 Å². The summed E-state index contributed by atoms with van der Waals surface area (Å²) >= 11 is 0. The Labute approximate surface area is 659 Å². The Bertz CT molecular complexity index is 4490. The standard InChI is InChI=1S/C96H90O17/c97-93(81-53-51-79(99-57-69-31-11-1-12-32-69)55-83(81)101-59-71-35-15-3-16-36-71)109-67-85-87(103-61-73-39-19-5-20-40-73)89(105-63-75-43-23-7-24-44-75)91(107-65-77-47-27-9-28-48-77)95(111-85)113-96-92(108-66-78-49-29-10-30-50-78)90(106-64-76-45-25-8-26-46-76)88(104-62-74-41-21-6-22-42-74)86(112-96)68-110-94(98)82-54-52-80(100-58-70-33-13-2-14-34-70)56-84(82)102-60-72-37-17-4-18-38-72/h1-56,85-92,95-96H,57-68H2/t85-,86-,87-,88-,89+,90+,91-,92-,95-,96-/m1/s1. The van der Waals surface area contributed by atoms with Crippen LogP contribution >= 0.6 is 0 Å². The lowest BCUT2D eigenvalue weighted by molar-refractivity contribution is -0.393. The molecule has 113 heavy (non-hydrogen) atoms. The number of esters is 2. The monoisotopic (exact) mass is 1510 g/mol. The first-order valence-corrected chi connectivity index (χ1v) is 38.0. The minimum Gasteiger partial charge on any atom is -0.489 e. The molecule has 2 fully saturated rings. The number of hydrogen-bond acceptors (Lipinski definition) is 17. The first kappa shape index (κ1) is 78.1. The van der Waals surface area contributed by atoms with E-state index in [9.17, 15) is 0 Å². The van der Waals surface area contributed by atoms with E-state index >= 15 is 9.59 Å². The van der Waals surface area contributed by atoms with Gasteiger partial charge in [-0.1, -0.05) is 303 Å². The van der Waals surface area contributed by atoms with E-state index in [2.05, 4.69) is 0 Å². The molecular formula is C96H90O17. The summed E-state index contributed by atoms with van der Waals surface area (Å²) in [4.78, 5) is 30.4. The Morgan fingerprint density at radius 3 is 0.717 bits per heavy atom. The van der Waals surface area contributed by atoms with E-state index < -0.39 is 86.6 Å². The van der Waals surface area contributed by atoms with Gasteiger partial charge in [0.05, 0.1) is 39.6 Å². The van der Waals surface area contributed by atoms with Crippen molar-refractivity contribution in [3.05, 3.63) is 406 Å². The van der Waals surface area contributed by atoms with Crippen molar-refractivity contribution in [2.24, 2.45) is 0 Å². The number of carbonyl (C=O) groups excluding carboxylic acids is 2. The Kier molecular flexibility index (Phi) is 28.4. The molecule has 0 aromatic heterocycles. The van der Waals surface area contributed by atoms with Crippen LogP contribution in [0, 0.1) is 0 Å². The van der Waals surface area contributed by atoms with Gasteiger partial charge in [0.25, 0.3) is 0 Å². The lowest BCUT2D eigenvalue weighted by Gasteiger charge is -2.49. The lowest BCUT2D eigenvalue weighted by atomic mass is 9.96. The van der Waals surface area contributed by atoms with Crippen molar-refractivity contribution in [3.8, 4) is 23.0 Å². The molecule has 2 aliphatic heterocycles. The maximum Gasteiger partial charge on any atom is 0.342 e. The van der Waals surface area contributed by atoms with Gasteiger partial charge in [0.15, 0.2) is 12.6 Å². The molecule has 0 radical (unpaired) electrons. The van der Waals surface area contributed by atoms with Crippen molar-refractivity contribution < 1.29 is 80.6 Å². The van der Waals surface area contributed by atoms with E-state index in [-0.39, 0.29) is 88.7 Å². The van der Waals surface area contributed by atoms with E-state index in [1.54, 1.807) is 36.4 Å². The van der Waals surface area contributed by atoms with Crippen molar-refractivity contribution in [3.63, 3.8) is 0 Å². The molecule has 2 heterocycles. The van der Waals surface area contributed by atoms with Crippen molar-refractivity contribution in [1.82, 2.24) is 0 Å². The molecule has 0 spiro atoms. The number of hydrogen-bond donors (Lipinski definition) is 0. The minimum atomic E-state index is -1.47. The summed E-state index contributed by atoms with van der Waals surface area (Å²) < 4.78 is 104. The van der Waals surface area contributed by atoms with Crippen molar-refractivity contribution in [1.29, 1.82) is 0 Å². The molecule has 576 valence electrons. The predicted octanol–water partition coefficient (Wildman–Crippen LogP) is 18.0. The minimum absolute atomic E-state index is 0.0508. The summed E-state index contributed by atoms with van der Waals surface area (Å²) in [5.41, 5.74) is 9.03. The largest absolute Gasteiger partial charge is 0.489 e. The van der Waals surface area contributed by atoms with Crippen LogP contribution in [0.25, 0.3) is 0 Å². The second-order valence-corrected chi connectivity index (χ2v) is 27.4. The molecule has 2 aliphatic rings. The Morgan fingerprint density at radius 1 is 0.239 bits per heavy atom. The van der Waals surface area contributed by atoms with Crippen LogP contribution in [0.1, 0.15) is 76.4 Å². The van der Waals surface area contributed by atoms with Gasteiger partial charge in [-0.2, -0.15) is 0 Å². The molecule has 0 aliphatic carbocycles. The molecule has 0 N–H and O–H groups in total. The zero-order chi connectivity index (χ0) is 76.9. The van der Waals surface area contributed by atoms with Crippen molar-refractivity contribution in [2.45, 2.75) is 127 Å². The molecule has 0 amide bonds. The predicted molar refractivity (Wildman–Crippen MR) is 425 cm³/mol. The Balaban J connectivity index is 0.848. The highest BCUT2D eigenvalue weighted by atomic mass is 16.8. The molecule has 12 aromatic carbocycles. The van der Waals surface area contributed by atoms with Gasteiger partial charge in [0.2, 0.25) is 0 Å². The van der Waals surface area contributed by atoms with Crippen LogP contribution in [0.5, 0.6) is 23.0 Å². The number of benzene rings is 12. The van der Waals surface area contributed by atoms with E-state index in [4.69, 9.17) is 71.1 Å². The van der Waals surface area contributed by atoms with Crippen LogP contribution in [-0.4, -0.2) is 86.6 Å². The SMILES string of the molecule is O=C(OC[C@H]1O[C@H](O[C@H]2O[C@H](COC(=O)c3ccc(OCc4ccccc4)cc3OCc3ccccc3)[C@@H](OCc3ccccc3)[C@H](OCc3ccccc3)[C@H]2OCc2ccccc2)[C@H](OCc2ccccc2)[C@@H](OCc2ccccc2)[C@@H]1OCc1ccccc1)c1ccc(OCc2ccccc2)cc1OCc1ccccc1. The first-order chi connectivity index (χ1) is 55.8. The van der Waals surface area contributed by atoms with Gasteiger partial charge >= 0.3 is 11.9 Å². The van der Waals surface area contributed by atoms with Crippen LogP contribution in [0.2, 0.25) is 0 Å². The topological polar surface area (TPSA) is 173 Å². The second kappa shape index (κ2) is 41.1. The molecular weight excluding hydrogens is 1430 g/mol. The van der Waals surface area contributed by atoms with E-state index in [0.717, 1.165) is 55.6 Å². The first-order valence-electron chi connectivity index (χ1n) is 38.0. The average molecular weight is 1520 g/mol. The van der Waals surface area contributed by atoms with Crippen LogP contribution in [0.4, 0.5) is 0 Å². The fraction of sp³-hybridized carbons (Fsp3) is 0.229. The third-order valence-corrected chi connectivity index (χ3v) is 19.2. The summed E-state index contributed by atoms with van der Waals surface area (Å²) in [6.45, 7) is 0.439. The Hall–Kier alpha value is -11.6. The molecule has 0 saturated carbocycles. The molecule has 14 rings (SSSR count). The molecule has 17 heteroatoms. The quantitative estimate of drug-likeness (QED) is 0.0334. The lowest BCUT2D eigenvalue weighted by Crippen LogP contribution is -2.66. The summed E-state index contributed by atoms with van der Waals surface area (Å²) in [6.07, 6.45) is -11.8. The summed E-state index contributed by atoms with van der Waals surface area (Å²) in [6, 6.07) is 108. The zero-order valence-corrected chi connectivity index (χ0v) is 62.5. The van der Waals surface area contributed by atoms with Crippen molar-refractivity contribution >= 4 is 11.9 Å². The van der Waals surface area contributed by atoms with Gasteiger partial charge in [-0.05, 0) is 79.9 Å². The smallest absolute Gasteiger partial charge is 0.342 e.